The molecule has 0 saturated carbocycles. The van der Waals surface area contributed by atoms with Crippen LogP contribution >= 0.6 is 0 Å². The first-order chi connectivity index (χ1) is 12.4. The zero-order valence-corrected chi connectivity index (χ0v) is 13.4. The molecule has 0 aliphatic heterocycles. The number of hydrogen-bond acceptors (Lipinski definition) is 3. The molecule has 0 fully saturated rings. The van der Waals surface area contributed by atoms with E-state index < -0.39 is 29.5 Å². The lowest BCUT2D eigenvalue weighted by Crippen LogP contribution is -2.50. The molecule has 1 aromatic heterocycles. The smallest absolute Gasteiger partial charge is 0.272 e. The molecule has 2 aromatic rings. The maximum atomic E-state index is 13.9. The first-order valence-corrected chi connectivity index (χ1v) is 7.26. The average molecular weight is 395 g/mol. The lowest BCUT2D eigenvalue weighted by atomic mass is 9.93. The summed E-state index contributed by atoms with van der Waals surface area (Å²) in [7, 11) is 0. The Morgan fingerprint density at radius 3 is 1.96 bits per heavy atom. The molecule has 0 radical (unpaired) electrons. The van der Waals surface area contributed by atoms with Crippen LogP contribution in [0.5, 0.6) is 0 Å². The number of hydrazine groups is 1. The second-order valence-electron chi connectivity index (χ2n) is 5.53. The summed E-state index contributed by atoms with van der Waals surface area (Å²) in [5.74, 6) is 4.90. The highest BCUT2D eigenvalue weighted by Gasteiger charge is 2.73. The molecule has 27 heavy (non-hydrogen) atoms. The number of carbonyl (C=O) groups excluding carboxylic acids is 1. The van der Waals surface area contributed by atoms with Gasteiger partial charge in [0, 0.05) is 18.0 Å². The van der Waals surface area contributed by atoms with Gasteiger partial charge in [0.15, 0.2) is 0 Å². The van der Waals surface area contributed by atoms with Gasteiger partial charge in [0.1, 0.15) is 0 Å². The zero-order chi connectivity index (χ0) is 20.5. The average Bonchev–Trinajstić information content (AvgIpc) is 2.59. The Hall–Kier alpha value is -2.69. The van der Waals surface area contributed by atoms with Gasteiger partial charge in [-0.05, 0) is 17.7 Å². The van der Waals surface area contributed by atoms with Crippen LogP contribution in [0.3, 0.4) is 0 Å². The maximum absolute atomic E-state index is 13.9. The Morgan fingerprint density at radius 2 is 1.52 bits per heavy atom. The molecule has 0 unspecified atom stereocenters. The van der Waals surface area contributed by atoms with Crippen molar-refractivity contribution < 1.29 is 35.5 Å². The van der Waals surface area contributed by atoms with Gasteiger partial charge < -0.3 is 0 Å². The third-order valence-electron chi connectivity index (χ3n) is 3.66. The molecule has 0 aliphatic carbocycles. The highest BCUT2D eigenvalue weighted by Crippen LogP contribution is 2.53. The molecule has 4 nitrogen and oxygen atoms in total. The summed E-state index contributed by atoms with van der Waals surface area (Å²) < 4.78 is 90.2. The van der Waals surface area contributed by atoms with E-state index in [-0.39, 0.29) is 17.7 Å². The minimum absolute atomic E-state index is 0.102. The normalized spacial score (nSPS) is 12.7. The molecule has 1 amide bonds. The summed E-state index contributed by atoms with van der Waals surface area (Å²) in [5, 5.41) is 0.697. The summed E-state index contributed by atoms with van der Waals surface area (Å²) in [6.07, 6.45) is -9.73. The molecule has 0 aliphatic rings. The van der Waals surface area contributed by atoms with Crippen molar-refractivity contribution in [2.75, 3.05) is 0 Å². The van der Waals surface area contributed by atoms with Gasteiger partial charge in [-0.1, -0.05) is 24.3 Å². The van der Waals surface area contributed by atoms with E-state index in [4.69, 9.17) is 5.84 Å². The topological polar surface area (TPSA) is 59.2 Å². The molecule has 2 rings (SSSR count). The Bertz CT molecular complexity index is 774. The number of pyridine rings is 1. The van der Waals surface area contributed by atoms with Crippen molar-refractivity contribution in [2.24, 2.45) is 5.84 Å². The summed E-state index contributed by atoms with van der Waals surface area (Å²) in [4.78, 5) is 15.8. The Balaban J connectivity index is 2.23. The lowest BCUT2D eigenvalue weighted by Gasteiger charge is -2.30. The van der Waals surface area contributed by atoms with Gasteiger partial charge >= 0.3 is 18.0 Å². The van der Waals surface area contributed by atoms with Gasteiger partial charge in [-0.3, -0.25) is 14.8 Å². The van der Waals surface area contributed by atoms with Crippen molar-refractivity contribution in [1.82, 2.24) is 9.99 Å². The van der Waals surface area contributed by atoms with Gasteiger partial charge in [-0.15, -0.1) is 0 Å². The van der Waals surface area contributed by atoms with E-state index in [9.17, 15) is 35.5 Å². The zero-order valence-electron chi connectivity index (χ0n) is 13.4. The van der Waals surface area contributed by atoms with Crippen molar-refractivity contribution in [3.05, 3.63) is 65.5 Å². The number of hydrogen-bond donors (Lipinski definition) is 1. The number of rotatable bonds is 4. The van der Waals surface area contributed by atoms with E-state index in [0.717, 1.165) is 12.1 Å². The first kappa shape index (κ1) is 20.6. The van der Waals surface area contributed by atoms with Crippen LogP contribution in [0.2, 0.25) is 0 Å². The molecule has 2 N–H and O–H groups in total. The molecule has 0 bridgehead atoms. The summed E-state index contributed by atoms with van der Waals surface area (Å²) in [6, 6.07) is 5.28. The van der Waals surface area contributed by atoms with Crippen molar-refractivity contribution in [3.63, 3.8) is 0 Å². The van der Waals surface area contributed by atoms with Gasteiger partial charge in [0.25, 0.3) is 5.91 Å². The summed E-state index contributed by atoms with van der Waals surface area (Å²) >= 11 is 0. The van der Waals surface area contributed by atoms with Crippen molar-refractivity contribution >= 4 is 5.91 Å². The van der Waals surface area contributed by atoms with Gasteiger partial charge in [-0.2, -0.15) is 26.3 Å². The number of carbonyl (C=O) groups is 1. The molecule has 1 heterocycles. The van der Waals surface area contributed by atoms with E-state index in [1.807, 2.05) is 0 Å². The van der Waals surface area contributed by atoms with Gasteiger partial charge in [0.05, 0.1) is 12.1 Å². The Labute approximate surface area is 148 Å². The highest BCUT2D eigenvalue weighted by atomic mass is 19.4. The monoisotopic (exact) mass is 395 g/mol. The van der Waals surface area contributed by atoms with E-state index >= 15 is 0 Å². The molecule has 11 heteroatoms. The molecule has 0 atom stereocenters. The van der Waals surface area contributed by atoms with Crippen LogP contribution < -0.4 is 5.84 Å². The number of aromatic nitrogens is 1. The fraction of sp³-hybridized carbons (Fsp3) is 0.250. The van der Waals surface area contributed by atoms with E-state index in [1.165, 1.54) is 24.5 Å². The predicted molar refractivity (Wildman–Crippen MR) is 79.6 cm³/mol. The summed E-state index contributed by atoms with van der Waals surface area (Å²) in [6.45, 7) is -0.328. The SMILES string of the molecule is NN(Cc1ccc(C(F)(C(F)(F)F)C(F)(F)F)cc1)C(=O)c1cccnc1. The van der Waals surface area contributed by atoms with Crippen LogP contribution in [0.25, 0.3) is 0 Å². The number of alkyl halides is 7. The minimum atomic E-state index is -6.19. The van der Waals surface area contributed by atoms with Crippen LogP contribution in [0, 0.1) is 0 Å². The third-order valence-corrected chi connectivity index (χ3v) is 3.66. The second-order valence-corrected chi connectivity index (χ2v) is 5.53. The molecule has 0 saturated heterocycles. The standard InChI is InChI=1S/C16H12F7N3O/c17-14(15(18,19)20,16(21,22)23)12-5-3-10(4-6-12)9-26(24)13(27)11-2-1-7-25-8-11/h1-8H,9,24H2. The number of halogens is 7. The second kappa shape index (κ2) is 7.14. The third kappa shape index (κ3) is 4.02. The summed E-state index contributed by atoms with van der Waals surface area (Å²) in [5.41, 5.74) is -6.89. The molecular formula is C16H12F7N3O. The fourth-order valence-corrected chi connectivity index (χ4v) is 2.25. The molecular weight excluding hydrogens is 383 g/mol. The Kier molecular flexibility index (Phi) is 5.45. The van der Waals surface area contributed by atoms with Crippen LogP contribution in [0.15, 0.2) is 48.8 Å². The van der Waals surface area contributed by atoms with Crippen molar-refractivity contribution in [3.8, 4) is 0 Å². The van der Waals surface area contributed by atoms with Gasteiger partial charge in [-0.25, -0.2) is 10.2 Å². The lowest BCUT2D eigenvalue weighted by molar-refractivity contribution is -0.348. The largest absolute Gasteiger partial charge is 0.435 e. The highest BCUT2D eigenvalue weighted by molar-refractivity contribution is 5.93. The molecule has 146 valence electrons. The molecule has 0 spiro atoms. The van der Waals surface area contributed by atoms with E-state index in [1.54, 1.807) is 0 Å². The van der Waals surface area contributed by atoms with Crippen LogP contribution in [-0.4, -0.2) is 28.3 Å². The van der Waals surface area contributed by atoms with Crippen molar-refractivity contribution in [1.29, 1.82) is 0 Å². The minimum Gasteiger partial charge on any atom is -0.272 e. The fourth-order valence-electron chi connectivity index (χ4n) is 2.25. The number of nitrogens with two attached hydrogens (primary N) is 1. The quantitative estimate of drug-likeness (QED) is 0.370. The maximum Gasteiger partial charge on any atom is 0.435 e. The number of benzene rings is 1. The number of amides is 1. The van der Waals surface area contributed by atoms with Crippen LogP contribution in [0.1, 0.15) is 21.5 Å². The predicted octanol–water partition coefficient (Wildman–Crippen LogP) is 3.89. The van der Waals surface area contributed by atoms with E-state index in [2.05, 4.69) is 4.98 Å². The van der Waals surface area contributed by atoms with Gasteiger partial charge in [0.2, 0.25) is 0 Å². The molecule has 1 aromatic carbocycles. The van der Waals surface area contributed by atoms with Crippen molar-refractivity contribution in [2.45, 2.75) is 24.6 Å². The Morgan fingerprint density at radius 1 is 0.963 bits per heavy atom. The van der Waals surface area contributed by atoms with Crippen LogP contribution in [-0.2, 0) is 12.2 Å². The number of nitrogens with zero attached hydrogens (tertiary/aromatic N) is 2. The first-order valence-electron chi connectivity index (χ1n) is 7.26. The van der Waals surface area contributed by atoms with Crippen LogP contribution in [0.4, 0.5) is 30.7 Å². The van der Waals surface area contributed by atoms with E-state index in [0.29, 0.717) is 17.1 Å².